The van der Waals surface area contributed by atoms with E-state index in [-0.39, 0.29) is 12.0 Å². The van der Waals surface area contributed by atoms with Gasteiger partial charge < -0.3 is 14.8 Å². The smallest absolute Gasteiger partial charge is 0.408 e. The minimum Gasteiger partial charge on any atom is -0.468 e. The Bertz CT molecular complexity index is 926. The number of hydrogen-bond donors (Lipinski definition) is 1. The summed E-state index contributed by atoms with van der Waals surface area (Å²) in [7, 11) is 1.38. The molecule has 0 unspecified atom stereocenters. The van der Waals surface area contributed by atoms with Crippen LogP contribution in [0.2, 0.25) is 0 Å². The number of aromatic nitrogens is 1. The van der Waals surface area contributed by atoms with Crippen molar-refractivity contribution in [3.63, 3.8) is 0 Å². The van der Waals surface area contributed by atoms with Gasteiger partial charge in [-0.1, -0.05) is 30.4 Å². The Balaban J connectivity index is 2.22. The van der Waals surface area contributed by atoms with Crippen molar-refractivity contribution in [3.8, 4) is 0 Å². The number of nitrogens with zero attached hydrogens (tertiary/aromatic N) is 1. The van der Waals surface area contributed by atoms with Crippen LogP contribution in [-0.4, -0.2) is 29.8 Å². The first-order chi connectivity index (χ1) is 13.4. The molecule has 156 valence electrons. The van der Waals surface area contributed by atoms with E-state index in [1.54, 1.807) is 13.8 Å². The molecule has 2 aromatic rings. The second kappa shape index (κ2) is 8.64. The predicted molar refractivity (Wildman–Crippen MR) is 114 cm³/mol. The summed E-state index contributed by atoms with van der Waals surface area (Å²) in [4.78, 5) is 28.5. The maximum absolute atomic E-state index is 12.0. The monoisotopic (exact) mass is 398 g/mol. The zero-order valence-electron chi connectivity index (χ0n) is 18.2. The van der Waals surface area contributed by atoms with Crippen LogP contribution >= 0.6 is 0 Å². The molecule has 6 heteroatoms. The molecule has 0 fully saturated rings. The summed E-state index contributed by atoms with van der Waals surface area (Å²) in [6, 6.07) is 9.45. The largest absolute Gasteiger partial charge is 0.468 e. The maximum atomic E-state index is 12.0. The van der Waals surface area contributed by atoms with Gasteiger partial charge in [0, 0.05) is 5.39 Å². The van der Waals surface area contributed by atoms with Gasteiger partial charge in [-0.15, -0.1) is 0 Å². The number of pyridine rings is 1. The SMILES string of the molecule is COC(=O)C(C)(C)/C=C/c1ccc2ccc([C@@H](C)NC(=O)OC(C)(C)C)nc2c1. The summed E-state index contributed by atoms with van der Waals surface area (Å²) in [5.74, 6) is -0.294. The maximum Gasteiger partial charge on any atom is 0.408 e. The van der Waals surface area contributed by atoms with E-state index in [0.717, 1.165) is 22.2 Å². The lowest BCUT2D eigenvalue weighted by Crippen LogP contribution is -2.34. The Hall–Kier alpha value is -2.89. The molecule has 0 radical (unpaired) electrons. The molecule has 2 rings (SSSR count). The molecule has 1 amide bonds. The van der Waals surface area contributed by atoms with Gasteiger partial charge in [0.15, 0.2) is 0 Å². The first kappa shape index (κ1) is 22.4. The minimum absolute atomic E-state index is 0.294. The van der Waals surface area contributed by atoms with Crippen molar-refractivity contribution in [2.75, 3.05) is 7.11 Å². The molecule has 0 spiro atoms. The number of alkyl carbamates (subject to hydrolysis) is 1. The summed E-state index contributed by atoms with van der Waals surface area (Å²) in [6.07, 6.45) is 3.22. The van der Waals surface area contributed by atoms with Gasteiger partial charge in [0.1, 0.15) is 5.60 Å². The van der Waals surface area contributed by atoms with Gasteiger partial charge in [0.25, 0.3) is 0 Å². The van der Waals surface area contributed by atoms with Crippen molar-refractivity contribution in [2.45, 2.75) is 53.2 Å². The number of carbonyl (C=O) groups is 2. The minimum atomic E-state index is -0.717. The van der Waals surface area contributed by atoms with Crippen LogP contribution in [0.4, 0.5) is 4.79 Å². The molecule has 0 aliphatic carbocycles. The van der Waals surface area contributed by atoms with E-state index in [0.29, 0.717) is 0 Å². The molecule has 0 saturated carbocycles. The van der Waals surface area contributed by atoms with Crippen LogP contribution in [0, 0.1) is 5.41 Å². The number of hydrogen-bond acceptors (Lipinski definition) is 5. The molecule has 1 aromatic carbocycles. The lowest BCUT2D eigenvalue weighted by molar-refractivity contribution is -0.148. The first-order valence-corrected chi connectivity index (χ1v) is 9.59. The highest BCUT2D eigenvalue weighted by atomic mass is 16.6. The molecule has 29 heavy (non-hydrogen) atoms. The van der Waals surface area contributed by atoms with Gasteiger partial charge in [0.2, 0.25) is 0 Å². The van der Waals surface area contributed by atoms with E-state index in [2.05, 4.69) is 10.3 Å². The highest BCUT2D eigenvalue weighted by Gasteiger charge is 2.25. The van der Waals surface area contributed by atoms with Crippen molar-refractivity contribution in [2.24, 2.45) is 5.41 Å². The number of ether oxygens (including phenoxy) is 2. The van der Waals surface area contributed by atoms with Gasteiger partial charge in [-0.2, -0.15) is 0 Å². The summed E-state index contributed by atoms with van der Waals surface area (Å²) >= 11 is 0. The van der Waals surface area contributed by atoms with Crippen LogP contribution in [0.3, 0.4) is 0 Å². The first-order valence-electron chi connectivity index (χ1n) is 9.59. The van der Waals surface area contributed by atoms with Crippen molar-refractivity contribution >= 4 is 29.0 Å². The summed E-state index contributed by atoms with van der Waals surface area (Å²) < 4.78 is 10.1. The Morgan fingerprint density at radius 1 is 1.10 bits per heavy atom. The van der Waals surface area contributed by atoms with Crippen LogP contribution in [0.25, 0.3) is 17.0 Å². The van der Waals surface area contributed by atoms with Crippen LogP contribution < -0.4 is 5.32 Å². The quantitative estimate of drug-likeness (QED) is 0.715. The summed E-state index contributed by atoms with van der Waals surface area (Å²) in [6.45, 7) is 10.9. The zero-order chi connectivity index (χ0) is 21.8. The Morgan fingerprint density at radius 3 is 2.38 bits per heavy atom. The highest BCUT2D eigenvalue weighted by molar-refractivity contribution is 5.83. The average Bonchev–Trinajstić information content (AvgIpc) is 2.63. The summed E-state index contributed by atoms with van der Waals surface area (Å²) in [5, 5.41) is 3.80. The second-order valence-electron chi connectivity index (χ2n) is 8.60. The second-order valence-corrected chi connectivity index (χ2v) is 8.60. The Morgan fingerprint density at radius 2 is 1.76 bits per heavy atom. The average molecular weight is 399 g/mol. The fraction of sp³-hybridized carbons (Fsp3) is 0.435. The van der Waals surface area contributed by atoms with Gasteiger partial charge in [-0.05, 0) is 59.2 Å². The number of esters is 1. The molecule has 1 heterocycles. The van der Waals surface area contributed by atoms with Crippen molar-refractivity contribution in [1.82, 2.24) is 10.3 Å². The molecular formula is C23H30N2O4. The predicted octanol–water partition coefficient (Wildman–Crippen LogP) is 5.03. The van der Waals surface area contributed by atoms with Crippen LogP contribution in [0.5, 0.6) is 0 Å². The molecular weight excluding hydrogens is 368 g/mol. The molecule has 1 aromatic heterocycles. The van der Waals surface area contributed by atoms with E-state index >= 15 is 0 Å². The van der Waals surface area contributed by atoms with E-state index in [4.69, 9.17) is 9.47 Å². The van der Waals surface area contributed by atoms with Crippen molar-refractivity contribution < 1.29 is 19.1 Å². The number of rotatable bonds is 5. The van der Waals surface area contributed by atoms with E-state index in [1.165, 1.54) is 7.11 Å². The lowest BCUT2D eigenvalue weighted by atomic mass is 9.92. The topological polar surface area (TPSA) is 77.5 Å². The zero-order valence-corrected chi connectivity index (χ0v) is 18.2. The molecule has 0 saturated heterocycles. The third-order valence-corrected chi connectivity index (χ3v) is 4.32. The number of amides is 1. The van der Waals surface area contributed by atoms with E-state index in [9.17, 15) is 9.59 Å². The molecule has 0 aliphatic rings. The van der Waals surface area contributed by atoms with Gasteiger partial charge >= 0.3 is 12.1 Å². The van der Waals surface area contributed by atoms with Gasteiger partial charge in [-0.25, -0.2) is 4.79 Å². The van der Waals surface area contributed by atoms with E-state index < -0.39 is 17.1 Å². The Labute approximate surface area is 172 Å². The van der Waals surface area contributed by atoms with Crippen LogP contribution in [0.15, 0.2) is 36.4 Å². The van der Waals surface area contributed by atoms with Crippen LogP contribution in [-0.2, 0) is 14.3 Å². The van der Waals surface area contributed by atoms with Crippen LogP contribution in [0.1, 0.15) is 58.8 Å². The third-order valence-electron chi connectivity index (χ3n) is 4.32. The number of carbonyl (C=O) groups excluding carboxylic acids is 2. The number of benzene rings is 1. The fourth-order valence-corrected chi connectivity index (χ4v) is 2.69. The fourth-order valence-electron chi connectivity index (χ4n) is 2.69. The van der Waals surface area contributed by atoms with Crippen molar-refractivity contribution in [1.29, 1.82) is 0 Å². The molecule has 1 atom stereocenters. The normalized spacial score (nSPS) is 13.3. The Kier molecular flexibility index (Phi) is 6.67. The molecule has 1 N–H and O–H groups in total. The number of nitrogens with one attached hydrogen (secondary N) is 1. The van der Waals surface area contributed by atoms with Gasteiger partial charge in [-0.3, -0.25) is 9.78 Å². The van der Waals surface area contributed by atoms with E-state index in [1.807, 2.05) is 70.2 Å². The molecule has 0 bridgehead atoms. The third kappa shape index (κ3) is 6.31. The lowest BCUT2D eigenvalue weighted by Gasteiger charge is -2.22. The summed E-state index contributed by atoms with van der Waals surface area (Å²) in [5.41, 5.74) is 1.19. The van der Waals surface area contributed by atoms with Gasteiger partial charge in [0.05, 0.1) is 29.8 Å². The highest BCUT2D eigenvalue weighted by Crippen LogP contribution is 2.23. The number of methoxy groups -OCH3 is 1. The van der Waals surface area contributed by atoms with Crippen molar-refractivity contribution in [3.05, 3.63) is 47.7 Å². The molecule has 0 aliphatic heterocycles. The molecule has 6 nitrogen and oxygen atoms in total. The number of fused-ring (bicyclic) bond motifs is 1. The standard InChI is InChI=1S/C23H30N2O4/c1-15(24-21(27)29-22(2,3)4)18-11-10-17-9-8-16(14-19(17)25-18)12-13-23(5,6)20(26)28-7/h8-15H,1-7H3,(H,24,27)/b13-12+/t15-/m1/s1.